The number of nitrogens with one attached hydrogen (secondary N) is 1. The number of carbonyl (C=O) groups is 2. The Hall–Kier alpha value is -1.89. The van der Waals surface area contributed by atoms with Gasteiger partial charge in [-0.15, -0.1) is 0 Å². The summed E-state index contributed by atoms with van der Waals surface area (Å²) < 4.78 is 2.78. The van der Waals surface area contributed by atoms with Crippen LogP contribution in [0.15, 0.2) is 22.7 Å². The second-order valence-electron chi connectivity index (χ2n) is 4.44. The van der Waals surface area contributed by atoms with Gasteiger partial charge in [-0.2, -0.15) is 5.10 Å². The van der Waals surface area contributed by atoms with Crippen LogP contribution in [0.5, 0.6) is 0 Å². The van der Waals surface area contributed by atoms with Gasteiger partial charge in [0.1, 0.15) is 0 Å². The second-order valence-corrected chi connectivity index (χ2v) is 5.29. The Labute approximate surface area is 124 Å². The van der Waals surface area contributed by atoms with Gasteiger partial charge in [-0.05, 0) is 28.1 Å². The number of halogens is 1. The Morgan fingerprint density at radius 3 is 3.00 bits per heavy atom. The summed E-state index contributed by atoms with van der Waals surface area (Å²) in [7, 11) is 3.75. The number of imide groups is 1. The van der Waals surface area contributed by atoms with Crippen LogP contribution in [0.4, 0.5) is 5.82 Å². The zero-order valence-corrected chi connectivity index (χ0v) is 12.8. The molecule has 0 saturated carbocycles. The van der Waals surface area contributed by atoms with Gasteiger partial charge in [-0.25, -0.2) is 0 Å². The highest BCUT2D eigenvalue weighted by molar-refractivity contribution is 9.10. The number of hydrogen-bond donors (Lipinski definition) is 1. The van der Waals surface area contributed by atoms with Crippen LogP contribution >= 0.6 is 15.9 Å². The third-order valence-electron chi connectivity index (χ3n) is 3.05. The van der Waals surface area contributed by atoms with Gasteiger partial charge in [-0.1, -0.05) is 6.07 Å². The third-order valence-corrected chi connectivity index (χ3v) is 3.69. The minimum atomic E-state index is -0.298. The number of amides is 2. The van der Waals surface area contributed by atoms with Gasteiger partial charge in [0.15, 0.2) is 5.82 Å². The fourth-order valence-electron chi connectivity index (χ4n) is 2.07. The van der Waals surface area contributed by atoms with Crippen LogP contribution in [0.1, 0.15) is 6.42 Å². The van der Waals surface area contributed by atoms with Crippen molar-refractivity contribution in [2.45, 2.75) is 6.42 Å². The lowest BCUT2D eigenvalue weighted by Gasteiger charge is -2.15. The maximum Gasteiger partial charge on any atom is 0.228 e. The molecule has 0 bridgehead atoms. The molecule has 6 nitrogen and oxygen atoms in total. The van der Waals surface area contributed by atoms with E-state index in [-0.39, 0.29) is 12.3 Å². The highest BCUT2D eigenvalue weighted by Gasteiger charge is 2.15. The standard InChI is InChI=1S/C13H15BrN4O2/c1-17(7-6-11(20)15-8-19)13-9-4-3-5-10(14)12(9)18(2)16-13/h3-5,8H,6-7H2,1-2H3,(H,15,19,20). The fraction of sp³-hybridized carbons (Fsp3) is 0.308. The number of aryl methyl sites for hydroxylation is 1. The van der Waals surface area contributed by atoms with Crippen molar-refractivity contribution in [3.63, 3.8) is 0 Å². The topological polar surface area (TPSA) is 67.2 Å². The second kappa shape index (κ2) is 6.04. The van der Waals surface area contributed by atoms with Crippen molar-refractivity contribution in [3.8, 4) is 0 Å². The number of nitrogens with zero attached hydrogens (tertiary/aromatic N) is 3. The van der Waals surface area contributed by atoms with Crippen molar-refractivity contribution in [3.05, 3.63) is 22.7 Å². The largest absolute Gasteiger partial charge is 0.357 e. The molecule has 0 aliphatic rings. The first-order valence-electron chi connectivity index (χ1n) is 6.10. The van der Waals surface area contributed by atoms with Crippen molar-refractivity contribution < 1.29 is 9.59 Å². The average Bonchev–Trinajstić information content (AvgIpc) is 2.75. The zero-order valence-electron chi connectivity index (χ0n) is 11.3. The Balaban J connectivity index is 2.22. The van der Waals surface area contributed by atoms with E-state index in [4.69, 9.17) is 0 Å². The molecule has 0 radical (unpaired) electrons. The minimum absolute atomic E-state index is 0.237. The molecule has 0 unspecified atom stereocenters. The molecule has 0 atom stereocenters. The van der Waals surface area contributed by atoms with E-state index in [1.807, 2.05) is 37.2 Å². The number of benzene rings is 1. The van der Waals surface area contributed by atoms with Crippen molar-refractivity contribution in [1.29, 1.82) is 0 Å². The van der Waals surface area contributed by atoms with Crippen LogP contribution in [-0.2, 0) is 16.6 Å². The maximum absolute atomic E-state index is 11.3. The van der Waals surface area contributed by atoms with E-state index < -0.39 is 0 Å². The predicted molar refractivity (Wildman–Crippen MR) is 80.5 cm³/mol. The number of hydrogen-bond acceptors (Lipinski definition) is 4. The van der Waals surface area contributed by atoms with Crippen LogP contribution in [-0.4, -0.2) is 35.7 Å². The smallest absolute Gasteiger partial charge is 0.228 e. The molecule has 20 heavy (non-hydrogen) atoms. The van der Waals surface area contributed by atoms with E-state index in [1.165, 1.54) is 0 Å². The van der Waals surface area contributed by atoms with E-state index in [2.05, 4.69) is 26.3 Å². The highest BCUT2D eigenvalue weighted by atomic mass is 79.9. The molecular weight excluding hydrogens is 324 g/mol. The number of anilines is 1. The lowest BCUT2D eigenvalue weighted by molar-refractivity contribution is -0.125. The first kappa shape index (κ1) is 14.5. The lowest BCUT2D eigenvalue weighted by atomic mass is 10.2. The van der Waals surface area contributed by atoms with Crippen LogP contribution < -0.4 is 10.2 Å². The number of rotatable bonds is 5. The molecule has 0 aliphatic carbocycles. The van der Waals surface area contributed by atoms with Gasteiger partial charge in [-0.3, -0.25) is 19.6 Å². The minimum Gasteiger partial charge on any atom is -0.357 e. The maximum atomic E-state index is 11.3. The third kappa shape index (κ3) is 2.82. The van der Waals surface area contributed by atoms with E-state index >= 15 is 0 Å². The SMILES string of the molecule is CN(CCC(=O)NC=O)c1nn(C)c2c(Br)cccc12. The Morgan fingerprint density at radius 2 is 2.30 bits per heavy atom. The van der Waals surface area contributed by atoms with Crippen LogP contribution in [0.25, 0.3) is 10.9 Å². The Bertz CT molecular complexity index is 653. The molecule has 2 rings (SSSR count). The molecular formula is C13H15BrN4O2. The first-order chi connectivity index (χ1) is 9.54. The summed E-state index contributed by atoms with van der Waals surface area (Å²) in [6.07, 6.45) is 0.636. The molecule has 7 heteroatoms. The summed E-state index contributed by atoms with van der Waals surface area (Å²) in [6, 6.07) is 5.90. The average molecular weight is 339 g/mol. The van der Waals surface area contributed by atoms with Gasteiger partial charge >= 0.3 is 0 Å². The van der Waals surface area contributed by atoms with E-state index in [0.29, 0.717) is 13.0 Å². The summed E-state index contributed by atoms with van der Waals surface area (Å²) in [4.78, 5) is 23.4. The molecule has 0 aliphatic heterocycles. The molecule has 0 fully saturated rings. The number of para-hydroxylation sites is 1. The van der Waals surface area contributed by atoms with Crippen molar-refractivity contribution in [2.24, 2.45) is 7.05 Å². The van der Waals surface area contributed by atoms with E-state index in [9.17, 15) is 9.59 Å². The molecule has 1 heterocycles. The van der Waals surface area contributed by atoms with Crippen molar-refractivity contribution >= 4 is 45.0 Å². The molecule has 1 aromatic carbocycles. The Kier molecular flexibility index (Phi) is 4.39. The number of aromatic nitrogens is 2. The van der Waals surface area contributed by atoms with E-state index in [1.54, 1.807) is 4.68 Å². The zero-order chi connectivity index (χ0) is 14.7. The van der Waals surface area contributed by atoms with Crippen LogP contribution in [0.2, 0.25) is 0 Å². The molecule has 1 N–H and O–H groups in total. The van der Waals surface area contributed by atoms with Gasteiger partial charge in [0.25, 0.3) is 0 Å². The summed E-state index contributed by atoms with van der Waals surface area (Å²) in [5, 5.41) is 7.62. The molecule has 0 spiro atoms. The number of carbonyl (C=O) groups excluding carboxylic acids is 2. The molecule has 2 amide bonds. The quantitative estimate of drug-likeness (QED) is 0.837. The number of fused-ring (bicyclic) bond motifs is 1. The van der Waals surface area contributed by atoms with Gasteiger partial charge in [0.05, 0.1) is 5.52 Å². The summed E-state index contributed by atoms with van der Waals surface area (Å²) in [5.74, 6) is 0.510. The highest BCUT2D eigenvalue weighted by Crippen LogP contribution is 2.30. The Morgan fingerprint density at radius 1 is 1.55 bits per heavy atom. The molecule has 1 aromatic heterocycles. The van der Waals surface area contributed by atoms with Gasteiger partial charge < -0.3 is 4.90 Å². The normalized spacial score (nSPS) is 10.6. The van der Waals surface area contributed by atoms with Crippen LogP contribution in [0, 0.1) is 0 Å². The van der Waals surface area contributed by atoms with Crippen molar-refractivity contribution in [1.82, 2.24) is 15.1 Å². The fourth-order valence-corrected chi connectivity index (χ4v) is 2.69. The summed E-state index contributed by atoms with van der Waals surface area (Å²) >= 11 is 3.51. The van der Waals surface area contributed by atoms with E-state index in [0.717, 1.165) is 21.2 Å². The van der Waals surface area contributed by atoms with Crippen molar-refractivity contribution in [2.75, 3.05) is 18.5 Å². The lowest BCUT2D eigenvalue weighted by Crippen LogP contribution is -2.28. The molecule has 106 valence electrons. The van der Waals surface area contributed by atoms with Crippen LogP contribution in [0.3, 0.4) is 0 Å². The monoisotopic (exact) mass is 338 g/mol. The molecule has 2 aromatic rings. The van der Waals surface area contributed by atoms with Gasteiger partial charge in [0.2, 0.25) is 12.3 Å². The molecule has 0 saturated heterocycles. The first-order valence-corrected chi connectivity index (χ1v) is 6.89. The predicted octanol–water partition coefficient (Wildman–Crippen LogP) is 1.43. The summed E-state index contributed by atoms with van der Waals surface area (Å²) in [5.41, 5.74) is 1.01. The van der Waals surface area contributed by atoms with Gasteiger partial charge in [0, 0.05) is 36.9 Å². The summed E-state index contributed by atoms with van der Waals surface area (Å²) in [6.45, 7) is 0.484.